The van der Waals surface area contributed by atoms with Crippen LogP contribution in [0.15, 0.2) is 87.6 Å². The lowest BCUT2D eigenvalue weighted by atomic mass is 10.0. The number of benzene rings is 4. The molecule has 2 N–H and O–H groups in total. The summed E-state index contributed by atoms with van der Waals surface area (Å²) in [6.07, 6.45) is 1.53. The Hall–Kier alpha value is -4.68. The van der Waals surface area contributed by atoms with Gasteiger partial charge in [0.15, 0.2) is 5.17 Å². The number of sulfonamides is 1. The number of carbonyl (C=O) groups is 2. The lowest BCUT2D eigenvalue weighted by molar-refractivity contribution is -0.118. The third-order valence-electron chi connectivity index (χ3n) is 6.75. The second-order valence-corrected chi connectivity index (χ2v) is 12.7. The van der Waals surface area contributed by atoms with E-state index < -0.39 is 27.7 Å². The lowest BCUT2D eigenvalue weighted by Gasteiger charge is -2.15. The predicted molar refractivity (Wildman–Crippen MR) is 175 cm³/mol. The van der Waals surface area contributed by atoms with Crippen LogP contribution >= 0.6 is 11.8 Å². The number of nitrogens with zero attached hydrogens (tertiary/aromatic N) is 1. The average molecular weight is 648 g/mol. The highest BCUT2D eigenvalue weighted by molar-refractivity contribution is 8.18. The number of hydrogen-bond acceptors (Lipinski definition) is 8. The molecule has 0 spiro atoms. The van der Waals surface area contributed by atoms with Crippen molar-refractivity contribution in [3.05, 3.63) is 100 Å². The van der Waals surface area contributed by atoms with E-state index >= 15 is 0 Å². The summed E-state index contributed by atoms with van der Waals surface area (Å²) < 4.78 is 52.7. The number of thioether (sulfide) groups is 1. The van der Waals surface area contributed by atoms with E-state index in [-0.39, 0.29) is 11.3 Å². The standard InChI is InChI=1S/C33H30FN3O6S2/c1-4-42-28-17-22(31(43-5-2)26-9-7-6-8-25(26)28)18-29-32(39)36-33(44-29)35-23-13-11-21(12-14-23)16-30(38)37-45(40,41)24-15-10-20(3)27(34)19-24/h6-15,17-19H,4-5,16H2,1-3H3,(H,37,38)(H,35,36,39)/b29-18-. The highest BCUT2D eigenvalue weighted by Crippen LogP contribution is 2.40. The van der Waals surface area contributed by atoms with E-state index in [0.717, 1.165) is 16.8 Å². The van der Waals surface area contributed by atoms with Gasteiger partial charge in [-0.15, -0.1) is 0 Å². The molecule has 45 heavy (non-hydrogen) atoms. The summed E-state index contributed by atoms with van der Waals surface area (Å²) in [5, 5.41) is 5.27. The van der Waals surface area contributed by atoms with Crippen molar-refractivity contribution >= 4 is 61.3 Å². The minimum atomic E-state index is -4.22. The SMILES string of the molecule is CCOc1cc(/C=C2\SC(Nc3ccc(CC(=O)NS(=O)(=O)c4ccc(C)c(F)c4)cc3)=NC2=O)c(OCC)c2ccccc12. The fourth-order valence-corrected chi connectivity index (χ4v) is 6.45. The van der Waals surface area contributed by atoms with Gasteiger partial charge in [-0.2, -0.15) is 4.99 Å². The maximum Gasteiger partial charge on any atom is 0.286 e. The van der Waals surface area contributed by atoms with Crippen molar-refractivity contribution in [2.24, 2.45) is 4.99 Å². The maximum absolute atomic E-state index is 13.8. The van der Waals surface area contributed by atoms with Gasteiger partial charge < -0.3 is 14.8 Å². The number of hydrogen-bond donors (Lipinski definition) is 2. The monoisotopic (exact) mass is 647 g/mol. The Kier molecular flexibility index (Phi) is 9.54. The molecule has 2 amide bonds. The number of aliphatic imine (C=N–C) groups is 1. The molecule has 0 atom stereocenters. The van der Waals surface area contributed by atoms with Gasteiger partial charge in [0.2, 0.25) is 5.91 Å². The molecule has 9 nitrogen and oxygen atoms in total. The highest BCUT2D eigenvalue weighted by Gasteiger charge is 2.24. The number of nitrogens with one attached hydrogen (secondary N) is 2. The highest BCUT2D eigenvalue weighted by atomic mass is 32.2. The Morgan fingerprint density at radius 3 is 2.38 bits per heavy atom. The number of aryl methyl sites for hydroxylation is 1. The van der Waals surface area contributed by atoms with Crippen LogP contribution in [0.25, 0.3) is 16.8 Å². The van der Waals surface area contributed by atoms with Crippen molar-refractivity contribution < 1.29 is 31.9 Å². The van der Waals surface area contributed by atoms with Gasteiger partial charge in [0, 0.05) is 22.0 Å². The predicted octanol–water partition coefficient (Wildman–Crippen LogP) is 6.21. The quantitative estimate of drug-likeness (QED) is 0.195. The molecule has 4 aromatic rings. The Labute approximate surface area is 264 Å². The number of carbonyl (C=O) groups excluding carboxylic acids is 2. The van der Waals surface area contributed by atoms with Crippen LogP contribution in [0.3, 0.4) is 0 Å². The number of amides is 2. The minimum absolute atomic E-state index is 0.216. The fraction of sp³-hybridized carbons (Fsp3) is 0.182. The molecule has 1 aliphatic heterocycles. The van der Waals surface area contributed by atoms with Crippen LogP contribution in [0.4, 0.5) is 10.1 Å². The molecule has 5 rings (SSSR count). The number of halogens is 1. The van der Waals surface area contributed by atoms with Crippen molar-refractivity contribution in [3.8, 4) is 11.5 Å². The number of fused-ring (bicyclic) bond motifs is 1. The first-order valence-corrected chi connectivity index (χ1v) is 16.4. The first kappa shape index (κ1) is 31.7. The van der Waals surface area contributed by atoms with Crippen LogP contribution in [0.2, 0.25) is 0 Å². The number of ether oxygens (including phenoxy) is 2. The molecule has 1 heterocycles. The normalized spacial score (nSPS) is 14.0. The summed E-state index contributed by atoms with van der Waals surface area (Å²) in [4.78, 5) is 29.5. The number of rotatable bonds is 10. The molecule has 232 valence electrons. The van der Waals surface area contributed by atoms with Gasteiger partial charge in [-0.05, 0) is 80.1 Å². The van der Waals surface area contributed by atoms with E-state index in [4.69, 9.17) is 9.47 Å². The summed E-state index contributed by atoms with van der Waals surface area (Å²) in [5.41, 5.74) is 2.15. The van der Waals surface area contributed by atoms with Crippen LogP contribution in [0.5, 0.6) is 11.5 Å². The Balaban J connectivity index is 1.26. The molecule has 0 fully saturated rings. The van der Waals surface area contributed by atoms with Crippen LogP contribution in [-0.2, 0) is 26.0 Å². The molecule has 0 aromatic heterocycles. The van der Waals surface area contributed by atoms with Crippen LogP contribution in [0.1, 0.15) is 30.5 Å². The van der Waals surface area contributed by atoms with Gasteiger partial charge in [0.1, 0.15) is 17.3 Å². The van der Waals surface area contributed by atoms with Crippen LogP contribution in [0, 0.1) is 12.7 Å². The smallest absolute Gasteiger partial charge is 0.286 e. The summed E-state index contributed by atoms with van der Waals surface area (Å²) in [6, 6.07) is 19.8. The molecule has 4 aromatic carbocycles. The second-order valence-electron chi connectivity index (χ2n) is 9.98. The first-order chi connectivity index (χ1) is 21.6. The van der Waals surface area contributed by atoms with Gasteiger partial charge in [-0.1, -0.05) is 42.5 Å². The van der Waals surface area contributed by atoms with Gasteiger partial charge >= 0.3 is 0 Å². The van der Waals surface area contributed by atoms with E-state index in [1.165, 1.54) is 30.8 Å². The largest absolute Gasteiger partial charge is 0.493 e. The van der Waals surface area contributed by atoms with Gasteiger partial charge in [-0.25, -0.2) is 17.5 Å². The van der Waals surface area contributed by atoms with E-state index in [1.54, 1.807) is 30.3 Å². The lowest BCUT2D eigenvalue weighted by Crippen LogP contribution is -2.31. The Bertz CT molecular complexity index is 1960. The Morgan fingerprint density at radius 2 is 1.69 bits per heavy atom. The molecule has 0 saturated carbocycles. The van der Waals surface area contributed by atoms with Crippen LogP contribution in [-0.4, -0.2) is 38.6 Å². The zero-order chi connectivity index (χ0) is 32.1. The van der Waals surface area contributed by atoms with E-state index in [9.17, 15) is 22.4 Å². The fourth-order valence-electron chi connectivity index (χ4n) is 4.63. The Morgan fingerprint density at radius 1 is 0.978 bits per heavy atom. The van der Waals surface area contributed by atoms with Crippen molar-refractivity contribution in [2.75, 3.05) is 18.5 Å². The molecule has 0 radical (unpaired) electrons. The van der Waals surface area contributed by atoms with Crippen LogP contribution < -0.4 is 19.5 Å². The number of anilines is 1. The molecule has 1 aliphatic rings. The van der Waals surface area contributed by atoms with Crippen molar-refractivity contribution in [1.82, 2.24) is 4.72 Å². The topological polar surface area (TPSA) is 123 Å². The van der Waals surface area contributed by atoms with Gasteiger partial charge in [-0.3, -0.25) is 9.59 Å². The summed E-state index contributed by atoms with van der Waals surface area (Å²) >= 11 is 1.18. The summed E-state index contributed by atoms with van der Waals surface area (Å²) in [5.74, 6) is -0.507. The van der Waals surface area contributed by atoms with Crippen molar-refractivity contribution in [1.29, 1.82) is 0 Å². The molecular formula is C33H30FN3O6S2. The molecule has 0 unspecified atom stereocenters. The third-order valence-corrected chi connectivity index (χ3v) is 9.02. The number of amidine groups is 1. The van der Waals surface area contributed by atoms with Crippen molar-refractivity contribution in [2.45, 2.75) is 32.1 Å². The summed E-state index contributed by atoms with van der Waals surface area (Å²) in [6.45, 7) is 6.25. The molecule has 0 aliphatic carbocycles. The van der Waals surface area contributed by atoms with E-state index in [2.05, 4.69) is 10.3 Å². The van der Waals surface area contributed by atoms with E-state index in [0.29, 0.717) is 57.2 Å². The molecular weight excluding hydrogens is 618 g/mol. The maximum atomic E-state index is 13.8. The van der Waals surface area contributed by atoms with Gasteiger partial charge in [0.05, 0.1) is 29.4 Å². The molecule has 0 saturated heterocycles. The third kappa shape index (κ3) is 7.35. The molecule has 12 heteroatoms. The second kappa shape index (κ2) is 13.5. The molecule has 0 bridgehead atoms. The minimum Gasteiger partial charge on any atom is -0.493 e. The van der Waals surface area contributed by atoms with Crippen molar-refractivity contribution in [3.63, 3.8) is 0 Å². The van der Waals surface area contributed by atoms with Gasteiger partial charge in [0.25, 0.3) is 15.9 Å². The van der Waals surface area contributed by atoms with E-state index in [1.807, 2.05) is 48.9 Å². The zero-order valence-corrected chi connectivity index (χ0v) is 26.4. The average Bonchev–Trinajstić information content (AvgIpc) is 3.34. The first-order valence-electron chi connectivity index (χ1n) is 14.1. The summed E-state index contributed by atoms with van der Waals surface area (Å²) in [7, 11) is -4.22. The zero-order valence-electron chi connectivity index (χ0n) is 24.7.